The fourth-order valence-corrected chi connectivity index (χ4v) is 5.13. The lowest BCUT2D eigenvalue weighted by Gasteiger charge is -2.26. The van der Waals surface area contributed by atoms with Crippen molar-refractivity contribution < 1.29 is 19.2 Å². The first kappa shape index (κ1) is 24.5. The van der Waals surface area contributed by atoms with E-state index in [1.54, 1.807) is 72.8 Å². The monoisotopic (exact) mass is 506 g/mol. The molecule has 2 aliphatic rings. The maximum absolute atomic E-state index is 12.8. The highest BCUT2D eigenvalue weighted by Crippen LogP contribution is 2.35. The van der Waals surface area contributed by atoms with Gasteiger partial charge in [-0.3, -0.25) is 19.2 Å². The highest BCUT2D eigenvalue weighted by Gasteiger charge is 2.34. The standard InChI is InChI=1S/C18H16O2.C14H7ClO2/c1-18(2,3)14-10-6-9-13-15(14)17(20)12-8-5-4-7-11(12)16(13)19;15-11-7-3-6-10-12(11)14(17)9-5-2-1-4-8(9)13(10)16/h4-10H,1-3H3;1-7H. The number of rotatable bonds is 0. The lowest BCUT2D eigenvalue weighted by atomic mass is 9.75. The van der Waals surface area contributed by atoms with Gasteiger partial charge in [0.2, 0.25) is 0 Å². The van der Waals surface area contributed by atoms with Gasteiger partial charge in [-0.05, 0) is 17.0 Å². The van der Waals surface area contributed by atoms with Crippen LogP contribution in [0.4, 0.5) is 0 Å². The molecule has 0 fully saturated rings. The zero-order valence-electron chi connectivity index (χ0n) is 20.6. The van der Waals surface area contributed by atoms with E-state index < -0.39 is 0 Å². The Morgan fingerprint density at radius 2 is 0.838 bits per heavy atom. The van der Waals surface area contributed by atoms with Crippen molar-refractivity contribution in [2.75, 3.05) is 0 Å². The van der Waals surface area contributed by atoms with Crippen LogP contribution >= 0.6 is 11.6 Å². The maximum atomic E-state index is 12.8. The fourth-order valence-electron chi connectivity index (χ4n) is 4.87. The lowest BCUT2D eigenvalue weighted by molar-refractivity contribution is 0.0977. The van der Waals surface area contributed by atoms with E-state index in [0.29, 0.717) is 49.5 Å². The Kier molecular flexibility index (Phi) is 6.01. The third-order valence-corrected chi connectivity index (χ3v) is 6.98. The van der Waals surface area contributed by atoms with E-state index >= 15 is 0 Å². The fraction of sp³-hybridized carbons (Fsp3) is 0.125. The predicted molar refractivity (Wildman–Crippen MR) is 143 cm³/mol. The van der Waals surface area contributed by atoms with E-state index in [-0.39, 0.29) is 28.5 Å². The van der Waals surface area contributed by atoms with Gasteiger partial charge >= 0.3 is 0 Å². The van der Waals surface area contributed by atoms with Gasteiger partial charge in [0.05, 0.1) is 10.6 Å². The van der Waals surface area contributed by atoms with E-state index in [0.717, 1.165) is 5.56 Å². The minimum Gasteiger partial charge on any atom is -0.289 e. The van der Waals surface area contributed by atoms with Crippen LogP contribution < -0.4 is 0 Å². The van der Waals surface area contributed by atoms with Crippen LogP contribution in [0.25, 0.3) is 0 Å². The largest absolute Gasteiger partial charge is 0.289 e. The number of hydrogen-bond acceptors (Lipinski definition) is 4. The van der Waals surface area contributed by atoms with Crippen molar-refractivity contribution >= 4 is 34.7 Å². The van der Waals surface area contributed by atoms with Gasteiger partial charge in [0, 0.05) is 38.9 Å². The minimum absolute atomic E-state index is 0.0410. The Balaban J connectivity index is 0.000000153. The molecule has 0 unspecified atom stereocenters. The second kappa shape index (κ2) is 9.06. The first-order chi connectivity index (χ1) is 17.6. The summed E-state index contributed by atoms with van der Waals surface area (Å²) in [4.78, 5) is 49.8. The molecule has 182 valence electrons. The van der Waals surface area contributed by atoms with Crippen LogP contribution in [-0.4, -0.2) is 23.1 Å². The summed E-state index contributed by atoms with van der Waals surface area (Å²) >= 11 is 6.00. The Hall–Kier alpha value is -4.15. The Morgan fingerprint density at radius 1 is 0.459 bits per heavy atom. The quantitative estimate of drug-likeness (QED) is 0.225. The van der Waals surface area contributed by atoms with Crippen LogP contribution in [0, 0.1) is 0 Å². The molecular weight excluding hydrogens is 484 g/mol. The smallest absolute Gasteiger partial charge is 0.196 e. The molecule has 0 bridgehead atoms. The van der Waals surface area contributed by atoms with Gasteiger partial charge < -0.3 is 0 Å². The number of ketones is 4. The summed E-state index contributed by atoms with van der Waals surface area (Å²) < 4.78 is 0. The molecule has 4 aromatic carbocycles. The summed E-state index contributed by atoms with van der Waals surface area (Å²) in [5, 5.41) is 0.329. The molecule has 4 aromatic rings. The van der Waals surface area contributed by atoms with Gasteiger partial charge in [0.25, 0.3) is 0 Å². The number of fused-ring (bicyclic) bond motifs is 4. The molecule has 0 heterocycles. The Morgan fingerprint density at radius 3 is 1.32 bits per heavy atom. The summed E-state index contributed by atoms with van der Waals surface area (Å²) in [7, 11) is 0. The van der Waals surface area contributed by atoms with E-state index in [2.05, 4.69) is 20.8 Å². The molecule has 5 heteroatoms. The number of benzene rings is 4. The molecule has 0 saturated heterocycles. The average molecular weight is 507 g/mol. The van der Waals surface area contributed by atoms with Crippen molar-refractivity contribution in [1.82, 2.24) is 0 Å². The molecule has 0 spiro atoms. The third-order valence-electron chi connectivity index (χ3n) is 6.66. The second-order valence-corrected chi connectivity index (χ2v) is 10.5. The van der Waals surface area contributed by atoms with Crippen LogP contribution in [0.5, 0.6) is 0 Å². The molecule has 4 nitrogen and oxygen atoms in total. The molecule has 2 aliphatic carbocycles. The average Bonchev–Trinajstić information content (AvgIpc) is 2.90. The Labute approximate surface area is 219 Å². The molecule has 37 heavy (non-hydrogen) atoms. The topological polar surface area (TPSA) is 68.3 Å². The maximum Gasteiger partial charge on any atom is 0.196 e. The SMILES string of the molecule is CC(C)(C)c1cccc2c1C(=O)c1ccccc1C2=O.O=C1c2ccccc2C(=O)c2c(Cl)cccc21. The van der Waals surface area contributed by atoms with Gasteiger partial charge in [-0.2, -0.15) is 0 Å². The number of carbonyl (C=O) groups is 4. The first-order valence-electron chi connectivity index (χ1n) is 11.9. The summed E-state index contributed by atoms with van der Waals surface area (Å²) in [6, 6.07) is 24.4. The van der Waals surface area contributed by atoms with Crippen LogP contribution in [0.15, 0.2) is 84.9 Å². The van der Waals surface area contributed by atoms with Crippen LogP contribution in [0.2, 0.25) is 5.02 Å². The van der Waals surface area contributed by atoms with Crippen molar-refractivity contribution in [1.29, 1.82) is 0 Å². The van der Waals surface area contributed by atoms with Crippen molar-refractivity contribution in [3.05, 3.63) is 140 Å². The van der Waals surface area contributed by atoms with E-state index in [4.69, 9.17) is 11.6 Å². The predicted octanol–water partition coefficient (Wildman–Crippen LogP) is 6.87. The van der Waals surface area contributed by atoms with Crippen molar-refractivity contribution in [2.24, 2.45) is 0 Å². The zero-order chi connectivity index (χ0) is 26.5. The summed E-state index contributed by atoms with van der Waals surface area (Å²) in [5.41, 5.74) is 4.47. The van der Waals surface area contributed by atoms with Crippen LogP contribution in [0.3, 0.4) is 0 Å². The van der Waals surface area contributed by atoms with Gasteiger partial charge in [-0.25, -0.2) is 0 Å². The molecule has 0 radical (unpaired) electrons. The van der Waals surface area contributed by atoms with Gasteiger partial charge in [-0.15, -0.1) is 0 Å². The number of hydrogen-bond donors (Lipinski definition) is 0. The molecule has 0 aromatic heterocycles. The van der Waals surface area contributed by atoms with Crippen molar-refractivity contribution in [3.8, 4) is 0 Å². The van der Waals surface area contributed by atoms with Crippen LogP contribution in [0.1, 0.15) is 90.0 Å². The minimum atomic E-state index is -0.180. The zero-order valence-corrected chi connectivity index (χ0v) is 21.3. The normalized spacial score (nSPS) is 13.6. The van der Waals surface area contributed by atoms with Crippen molar-refractivity contribution in [2.45, 2.75) is 26.2 Å². The number of halogens is 1. The molecule has 0 saturated carbocycles. The molecule has 0 atom stereocenters. The van der Waals surface area contributed by atoms with Crippen molar-refractivity contribution in [3.63, 3.8) is 0 Å². The Bertz CT molecular complexity index is 1640. The van der Waals surface area contributed by atoms with Gasteiger partial charge in [0.15, 0.2) is 23.1 Å². The second-order valence-electron chi connectivity index (χ2n) is 10.0. The lowest BCUT2D eigenvalue weighted by Crippen LogP contribution is -2.26. The molecule has 0 aliphatic heterocycles. The molecule has 0 amide bonds. The first-order valence-corrected chi connectivity index (χ1v) is 12.3. The van der Waals surface area contributed by atoms with Gasteiger partial charge in [0.1, 0.15) is 0 Å². The summed E-state index contributed by atoms with van der Waals surface area (Å²) in [6.45, 7) is 6.17. The van der Waals surface area contributed by atoms with E-state index in [9.17, 15) is 19.2 Å². The number of carbonyl (C=O) groups excluding carboxylic acids is 4. The molecule has 6 rings (SSSR count). The highest BCUT2D eigenvalue weighted by molar-refractivity contribution is 6.39. The third kappa shape index (κ3) is 4.04. The van der Waals surface area contributed by atoms with Crippen LogP contribution in [-0.2, 0) is 5.41 Å². The molecule has 0 N–H and O–H groups in total. The van der Waals surface area contributed by atoms with E-state index in [1.165, 1.54) is 0 Å². The highest BCUT2D eigenvalue weighted by atomic mass is 35.5. The van der Waals surface area contributed by atoms with E-state index in [1.807, 2.05) is 12.1 Å². The van der Waals surface area contributed by atoms with Gasteiger partial charge in [-0.1, -0.05) is 111 Å². The molecular formula is C32H23ClO4. The summed E-state index contributed by atoms with van der Waals surface area (Å²) in [5.74, 6) is -0.416. The summed E-state index contributed by atoms with van der Waals surface area (Å²) in [6.07, 6.45) is 0.